The highest BCUT2D eigenvalue weighted by Crippen LogP contribution is 2.12. The van der Waals surface area contributed by atoms with E-state index in [2.05, 4.69) is 11.2 Å². The summed E-state index contributed by atoms with van der Waals surface area (Å²) in [5.74, 6) is -0.326. The van der Waals surface area contributed by atoms with E-state index in [9.17, 15) is 4.79 Å². The number of nitrogens with two attached hydrogens (primary N) is 1. The van der Waals surface area contributed by atoms with E-state index in [-0.39, 0.29) is 11.4 Å². The molecule has 2 rings (SSSR count). The lowest BCUT2D eigenvalue weighted by Crippen LogP contribution is -2.06. The molecule has 102 valence electrons. The van der Waals surface area contributed by atoms with Crippen molar-refractivity contribution in [1.29, 1.82) is 5.26 Å². The topological polar surface area (TPSA) is 93.9 Å². The molecule has 0 amide bonds. The molecule has 6 heteroatoms. The number of benzene rings is 1. The Kier molecular flexibility index (Phi) is 4.01. The first-order valence-electron chi connectivity index (χ1n) is 6.13. The summed E-state index contributed by atoms with van der Waals surface area (Å²) in [5, 5.41) is 12.8. The number of carbonyl (C=O) groups excluding carboxylic acids is 1. The minimum absolute atomic E-state index is 0.150. The number of nitriles is 1. The quantitative estimate of drug-likeness (QED) is 0.851. The molecule has 0 bridgehead atoms. The Balaban J connectivity index is 2.15. The highest BCUT2D eigenvalue weighted by Gasteiger charge is 2.15. The molecule has 0 unspecified atom stereocenters. The lowest BCUT2D eigenvalue weighted by atomic mass is 10.1. The van der Waals surface area contributed by atoms with Crippen LogP contribution in [0.2, 0.25) is 0 Å². The van der Waals surface area contributed by atoms with Crippen LogP contribution in [0.4, 0.5) is 5.82 Å². The Hall–Kier alpha value is -2.81. The predicted molar refractivity (Wildman–Crippen MR) is 72.9 cm³/mol. The number of esters is 1. The lowest BCUT2D eigenvalue weighted by molar-refractivity contribution is 0.0527. The van der Waals surface area contributed by atoms with Crippen molar-refractivity contribution in [2.75, 3.05) is 12.3 Å². The van der Waals surface area contributed by atoms with E-state index in [1.165, 1.54) is 0 Å². The summed E-state index contributed by atoms with van der Waals surface area (Å²) < 4.78 is 6.47. The van der Waals surface area contributed by atoms with Crippen LogP contribution in [0.3, 0.4) is 0 Å². The molecule has 2 aromatic rings. The minimum Gasteiger partial charge on any atom is -0.462 e. The molecule has 6 nitrogen and oxygen atoms in total. The van der Waals surface area contributed by atoms with Crippen LogP contribution in [0.5, 0.6) is 0 Å². The Morgan fingerprint density at radius 2 is 2.15 bits per heavy atom. The third-order valence-corrected chi connectivity index (χ3v) is 2.71. The maximum Gasteiger partial charge on any atom is 0.343 e. The first-order chi connectivity index (χ1) is 9.63. The van der Waals surface area contributed by atoms with Gasteiger partial charge in [-0.25, -0.2) is 4.79 Å². The highest BCUT2D eigenvalue weighted by molar-refractivity contribution is 5.93. The van der Waals surface area contributed by atoms with Gasteiger partial charge in [0.15, 0.2) is 5.82 Å². The maximum absolute atomic E-state index is 11.6. The molecule has 0 saturated heterocycles. The standard InChI is InChI=1S/C14H14N4O2/c1-2-20-14(19)12-9-18(17-13(12)16)8-11-5-3-10(7-15)4-6-11/h3-6,9H,2,8H2,1H3,(H2,16,17). The van der Waals surface area contributed by atoms with E-state index in [0.29, 0.717) is 18.7 Å². The van der Waals surface area contributed by atoms with E-state index in [1.54, 1.807) is 29.9 Å². The van der Waals surface area contributed by atoms with Crippen LogP contribution in [-0.4, -0.2) is 22.4 Å². The fraction of sp³-hybridized carbons (Fsp3) is 0.214. The molecule has 1 heterocycles. The van der Waals surface area contributed by atoms with Crippen LogP contribution in [0, 0.1) is 11.3 Å². The van der Waals surface area contributed by atoms with Crippen LogP contribution in [0.15, 0.2) is 30.5 Å². The fourth-order valence-electron chi connectivity index (χ4n) is 1.76. The first kappa shape index (κ1) is 13.6. The van der Waals surface area contributed by atoms with Gasteiger partial charge in [0.25, 0.3) is 0 Å². The number of nitrogen functional groups attached to an aromatic ring is 1. The Bertz CT molecular complexity index is 653. The van der Waals surface area contributed by atoms with Crippen molar-refractivity contribution < 1.29 is 9.53 Å². The van der Waals surface area contributed by atoms with Crippen molar-refractivity contribution in [3.8, 4) is 6.07 Å². The van der Waals surface area contributed by atoms with Gasteiger partial charge in [0.05, 0.1) is 24.8 Å². The van der Waals surface area contributed by atoms with Gasteiger partial charge in [-0.1, -0.05) is 12.1 Å². The molecule has 2 N–H and O–H groups in total. The summed E-state index contributed by atoms with van der Waals surface area (Å²) in [4.78, 5) is 11.6. The SMILES string of the molecule is CCOC(=O)c1cn(Cc2ccc(C#N)cc2)nc1N. The van der Waals surface area contributed by atoms with E-state index >= 15 is 0 Å². The molecule has 0 saturated carbocycles. The number of hydrogen-bond acceptors (Lipinski definition) is 5. The number of ether oxygens (including phenoxy) is 1. The van der Waals surface area contributed by atoms with Gasteiger partial charge in [-0.2, -0.15) is 10.4 Å². The number of nitrogens with zero attached hydrogens (tertiary/aromatic N) is 3. The van der Waals surface area contributed by atoms with E-state index in [1.807, 2.05) is 12.1 Å². The van der Waals surface area contributed by atoms with Crippen LogP contribution >= 0.6 is 0 Å². The average molecular weight is 270 g/mol. The summed E-state index contributed by atoms with van der Waals surface area (Å²) >= 11 is 0. The van der Waals surface area contributed by atoms with Gasteiger partial charge in [0.2, 0.25) is 0 Å². The lowest BCUT2D eigenvalue weighted by Gasteiger charge is -2.01. The molecular formula is C14H14N4O2. The normalized spacial score (nSPS) is 10.0. The van der Waals surface area contributed by atoms with Gasteiger partial charge in [-0.3, -0.25) is 4.68 Å². The van der Waals surface area contributed by atoms with Crippen molar-refractivity contribution in [3.05, 3.63) is 47.2 Å². The van der Waals surface area contributed by atoms with Gasteiger partial charge < -0.3 is 10.5 Å². The van der Waals surface area contributed by atoms with Gasteiger partial charge in [0, 0.05) is 6.20 Å². The number of hydrogen-bond donors (Lipinski definition) is 1. The van der Waals surface area contributed by atoms with Crippen LogP contribution < -0.4 is 5.73 Å². The summed E-state index contributed by atoms with van der Waals surface area (Å²) in [7, 11) is 0. The highest BCUT2D eigenvalue weighted by atomic mass is 16.5. The van der Waals surface area contributed by atoms with Crippen molar-refractivity contribution in [2.45, 2.75) is 13.5 Å². The summed E-state index contributed by atoms with van der Waals surface area (Å²) in [5.41, 5.74) is 7.52. The molecule has 1 aromatic heterocycles. The van der Waals surface area contributed by atoms with Crippen molar-refractivity contribution in [1.82, 2.24) is 9.78 Å². The van der Waals surface area contributed by atoms with Crippen molar-refractivity contribution in [3.63, 3.8) is 0 Å². The minimum atomic E-state index is -0.476. The van der Waals surface area contributed by atoms with E-state index in [4.69, 9.17) is 15.7 Å². The Morgan fingerprint density at radius 1 is 1.45 bits per heavy atom. The van der Waals surface area contributed by atoms with Crippen molar-refractivity contribution >= 4 is 11.8 Å². The molecule has 0 fully saturated rings. The second kappa shape index (κ2) is 5.89. The third-order valence-electron chi connectivity index (χ3n) is 2.71. The zero-order chi connectivity index (χ0) is 14.5. The largest absolute Gasteiger partial charge is 0.462 e. The van der Waals surface area contributed by atoms with E-state index < -0.39 is 5.97 Å². The molecular weight excluding hydrogens is 256 g/mol. The number of aromatic nitrogens is 2. The van der Waals surface area contributed by atoms with Gasteiger partial charge in [0.1, 0.15) is 5.56 Å². The Labute approximate surface area is 116 Å². The maximum atomic E-state index is 11.6. The Morgan fingerprint density at radius 3 is 2.75 bits per heavy atom. The molecule has 0 aliphatic rings. The molecule has 0 radical (unpaired) electrons. The van der Waals surface area contributed by atoms with Gasteiger partial charge in [-0.15, -0.1) is 0 Å². The molecule has 20 heavy (non-hydrogen) atoms. The number of rotatable bonds is 4. The summed E-state index contributed by atoms with van der Waals surface area (Å²) in [6, 6.07) is 9.19. The zero-order valence-corrected chi connectivity index (χ0v) is 11.0. The first-order valence-corrected chi connectivity index (χ1v) is 6.13. The fourth-order valence-corrected chi connectivity index (χ4v) is 1.76. The molecule has 0 spiro atoms. The average Bonchev–Trinajstić information content (AvgIpc) is 2.81. The van der Waals surface area contributed by atoms with Crippen LogP contribution in [0.25, 0.3) is 0 Å². The second-order valence-electron chi connectivity index (χ2n) is 4.15. The monoisotopic (exact) mass is 270 g/mol. The molecule has 0 aliphatic carbocycles. The number of anilines is 1. The molecule has 1 aromatic carbocycles. The van der Waals surface area contributed by atoms with Crippen molar-refractivity contribution in [2.24, 2.45) is 0 Å². The van der Waals surface area contributed by atoms with E-state index in [0.717, 1.165) is 5.56 Å². The summed E-state index contributed by atoms with van der Waals surface area (Å²) in [6.07, 6.45) is 1.56. The number of carbonyl (C=O) groups is 1. The molecule has 0 atom stereocenters. The van der Waals surface area contributed by atoms with Gasteiger partial charge in [-0.05, 0) is 24.6 Å². The molecule has 0 aliphatic heterocycles. The second-order valence-corrected chi connectivity index (χ2v) is 4.15. The van der Waals surface area contributed by atoms with Crippen LogP contribution in [0.1, 0.15) is 28.4 Å². The van der Waals surface area contributed by atoms with Gasteiger partial charge >= 0.3 is 5.97 Å². The smallest absolute Gasteiger partial charge is 0.343 e. The third kappa shape index (κ3) is 2.95. The zero-order valence-electron chi connectivity index (χ0n) is 11.0. The summed E-state index contributed by atoms with van der Waals surface area (Å²) in [6.45, 7) is 2.49. The van der Waals surface area contributed by atoms with Crippen LogP contribution in [-0.2, 0) is 11.3 Å². The predicted octanol–water partition coefficient (Wildman–Crippen LogP) is 1.56.